The van der Waals surface area contributed by atoms with Gasteiger partial charge in [0.05, 0.1) is 12.2 Å². The average molecular weight is 585 g/mol. The fourth-order valence-corrected chi connectivity index (χ4v) is 28.8. The summed E-state index contributed by atoms with van der Waals surface area (Å²) >= 11 is 0. The summed E-state index contributed by atoms with van der Waals surface area (Å²) in [6.45, 7) is 9.44. The van der Waals surface area contributed by atoms with Crippen LogP contribution in [0.15, 0.2) is 0 Å². The predicted octanol–water partition coefficient (Wildman–Crippen LogP) is 8.04. The van der Waals surface area contributed by atoms with Crippen molar-refractivity contribution in [3.05, 3.63) is 0 Å². The molecule has 214 valence electrons. The van der Waals surface area contributed by atoms with Crippen molar-refractivity contribution in [1.82, 2.24) is 0 Å². The van der Waals surface area contributed by atoms with Gasteiger partial charge in [0.2, 0.25) is 0 Å². The summed E-state index contributed by atoms with van der Waals surface area (Å²) in [6.07, 6.45) is 22.6. The maximum atomic E-state index is 7.37. The summed E-state index contributed by atoms with van der Waals surface area (Å²) in [7, 11) is -6.55. The van der Waals surface area contributed by atoms with Gasteiger partial charge in [-0.1, -0.05) is 64.2 Å². The second-order valence-corrected chi connectivity index (χ2v) is 28.3. The lowest BCUT2D eigenvalue weighted by Crippen LogP contribution is -2.60. The first-order chi connectivity index (χ1) is 17.7. The smallest absolute Gasteiger partial charge is 0.325 e. The van der Waals surface area contributed by atoms with Crippen molar-refractivity contribution in [1.29, 1.82) is 0 Å². The van der Waals surface area contributed by atoms with Crippen molar-refractivity contribution in [2.24, 2.45) is 5.92 Å². The first kappa shape index (κ1) is 29.2. The largest absolute Gasteiger partial charge is 0.438 e. The van der Waals surface area contributed by atoms with Crippen LogP contribution in [0.3, 0.4) is 0 Å². The fraction of sp³-hybridized carbons (Fsp3) is 1.00. The van der Waals surface area contributed by atoms with Crippen LogP contribution in [0, 0.1) is 5.92 Å². The van der Waals surface area contributed by atoms with Crippen LogP contribution in [0.1, 0.15) is 103 Å². The Morgan fingerprint density at radius 2 is 1.32 bits per heavy atom. The summed E-state index contributed by atoms with van der Waals surface area (Å²) in [5.41, 5.74) is 2.34. The van der Waals surface area contributed by atoms with E-state index in [2.05, 4.69) is 26.2 Å². The Morgan fingerprint density at radius 1 is 0.730 bits per heavy atom. The van der Waals surface area contributed by atoms with E-state index >= 15 is 0 Å². The van der Waals surface area contributed by atoms with E-state index in [-0.39, 0.29) is 0 Å². The average Bonchev–Trinajstić information content (AvgIpc) is 3.39. The molecule has 0 radical (unpaired) electrons. The number of hydrogen-bond donors (Lipinski definition) is 0. The Hall–Kier alpha value is 0.668. The number of ether oxygens (including phenoxy) is 1. The zero-order chi connectivity index (χ0) is 26.1. The monoisotopic (exact) mass is 584 g/mol. The molecule has 5 fully saturated rings. The van der Waals surface area contributed by atoms with Gasteiger partial charge in [-0.3, -0.25) is 0 Å². The van der Waals surface area contributed by atoms with Gasteiger partial charge in [-0.25, -0.2) is 0 Å². The van der Waals surface area contributed by atoms with E-state index in [0.29, 0.717) is 17.7 Å². The van der Waals surface area contributed by atoms with Crippen molar-refractivity contribution in [2.45, 2.75) is 164 Å². The highest BCUT2D eigenvalue weighted by molar-refractivity contribution is 6.87. The highest BCUT2D eigenvalue weighted by atomic mass is 28.5. The first-order valence-corrected chi connectivity index (χ1v) is 25.5. The number of epoxide rings is 1. The lowest BCUT2D eigenvalue weighted by molar-refractivity contribution is 0.241. The van der Waals surface area contributed by atoms with Crippen LogP contribution in [-0.2, 0) is 21.5 Å². The minimum atomic E-state index is -2.48. The molecular weight excluding hydrogens is 529 g/mol. The molecule has 1 heterocycles. The van der Waals surface area contributed by atoms with Gasteiger partial charge in [0.25, 0.3) is 0 Å². The van der Waals surface area contributed by atoms with Crippen LogP contribution < -0.4 is 0 Å². The van der Waals surface area contributed by atoms with Crippen molar-refractivity contribution in [3.8, 4) is 0 Å². The molecule has 1 saturated heterocycles. The second-order valence-electron chi connectivity index (χ2n) is 14.0. The van der Waals surface area contributed by atoms with Gasteiger partial charge in [-0.15, -0.1) is 0 Å². The zero-order valence-electron chi connectivity index (χ0n) is 24.6. The van der Waals surface area contributed by atoms with Gasteiger partial charge in [-0.05, 0) is 87.8 Å². The van der Waals surface area contributed by atoms with E-state index in [4.69, 9.17) is 21.5 Å². The van der Waals surface area contributed by atoms with Gasteiger partial charge in [0.15, 0.2) is 9.04 Å². The van der Waals surface area contributed by atoms with Crippen molar-refractivity contribution in [3.63, 3.8) is 0 Å². The number of fused-ring (bicyclic) bond motifs is 1. The third kappa shape index (κ3) is 7.50. The lowest BCUT2D eigenvalue weighted by Gasteiger charge is -2.45. The third-order valence-electron chi connectivity index (χ3n) is 10.7. The molecule has 4 saturated carbocycles. The molecule has 4 aliphatic carbocycles. The van der Waals surface area contributed by atoms with E-state index in [9.17, 15) is 0 Å². The number of rotatable bonds is 13. The molecule has 1 aliphatic heterocycles. The van der Waals surface area contributed by atoms with E-state index in [1.807, 2.05) is 7.11 Å². The molecule has 5 aliphatic rings. The van der Waals surface area contributed by atoms with E-state index < -0.39 is 34.7 Å². The van der Waals surface area contributed by atoms with Crippen molar-refractivity contribution in [2.75, 3.05) is 7.11 Å². The lowest BCUT2D eigenvalue weighted by atomic mass is 9.88. The Balaban J connectivity index is 1.27. The highest BCUT2D eigenvalue weighted by Gasteiger charge is 2.53. The molecule has 5 nitrogen and oxygen atoms in total. The topological polar surface area (TPSA) is 49.5 Å². The maximum absolute atomic E-state index is 7.37. The van der Waals surface area contributed by atoms with Gasteiger partial charge in [-0.2, -0.15) is 0 Å². The first-order valence-electron chi connectivity index (χ1n) is 16.0. The Kier molecular flexibility index (Phi) is 9.67. The summed E-state index contributed by atoms with van der Waals surface area (Å²) in [6, 6.07) is 1.08. The summed E-state index contributed by atoms with van der Waals surface area (Å²) in [5.74, 6) is 0.772. The van der Waals surface area contributed by atoms with Crippen molar-refractivity contribution < 1.29 is 21.5 Å². The molecule has 9 heteroatoms. The SMILES string of the molecule is CO[Si](C)(CCC1CCC2OC2C1)O[Si](C)(O[Si](C)(C)O[SiH](C1CCCC1)C1CCCC1)C1CCCC1. The molecule has 0 bridgehead atoms. The van der Waals surface area contributed by atoms with Gasteiger partial charge in [0, 0.05) is 12.7 Å². The normalized spacial score (nSPS) is 33.1. The molecular formula is C28H56O5Si4. The molecule has 5 unspecified atom stereocenters. The van der Waals surface area contributed by atoms with Gasteiger partial charge in [0.1, 0.15) is 0 Å². The maximum Gasteiger partial charge on any atom is 0.325 e. The van der Waals surface area contributed by atoms with Crippen LogP contribution >= 0.6 is 0 Å². The molecule has 0 amide bonds. The van der Waals surface area contributed by atoms with E-state index in [1.165, 1.54) is 103 Å². The van der Waals surface area contributed by atoms with E-state index in [1.54, 1.807) is 0 Å². The quantitative estimate of drug-likeness (QED) is 0.162. The van der Waals surface area contributed by atoms with Crippen LogP contribution in [-0.4, -0.2) is 54.0 Å². The molecule has 0 spiro atoms. The molecule has 37 heavy (non-hydrogen) atoms. The molecule has 0 aromatic heterocycles. The van der Waals surface area contributed by atoms with Gasteiger partial charge < -0.3 is 21.5 Å². The summed E-state index contributed by atoms with van der Waals surface area (Å²) in [5, 5.41) is 0. The molecule has 0 N–H and O–H groups in total. The van der Waals surface area contributed by atoms with Gasteiger partial charge >= 0.3 is 25.7 Å². The van der Waals surface area contributed by atoms with E-state index in [0.717, 1.165) is 23.0 Å². The summed E-state index contributed by atoms with van der Waals surface area (Å²) in [4.78, 5) is 0. The molecule has 5 atom stereocenters. The predicted molar refractivity (Wildman–Crippen MR) is 160 cm³/mol. The van der Waals surface area contributed by atoms with Crippen LogP contribution in [0.25, 0.3) is 0 Å². The van der Waals surface area contributed by atoms with Crippen LogP contribution in [0.5, 0.6) is 0 Å². The molecule has 0 aromatic carbocycles. The highest BCUT2D eigenvalue weighted by Crippen LogP contribution is 2.47. The second kappa shape index (κ2) is 12.3. The minimum absolute atomic E-state index is 0.553. The third-order valence-corrected chi connectivity index (χ3v) is 28.3. The minimum Gasteiger partial charge on any atom is -0.438 e. The van der Waals surface area contributed by atoms with Crippen LogP contribution in [0.4, 0.5) is 0 Å². The zero-order valence-corrected chi connectivity index (χ0v) is 28.8. The summed E-state index contributed by atoms with van der Waals surface area (Å²) < 4.78 is 34.2. The Labute approximate surface area is 232 Å². The molecule has 5 rings (SSSR count). The standard InChI is InChI=1S/C28H56O5Si4/c1-29-36(4,21-20-23-18-19-27-28(22-23)30-27)33-37(5,26-16-10-11-17-26)32-35(2,3)31-34(24-12-6-7-13-24)25-14-8-9-15-25/h23-28,34H,6-22H2,1-5H3. The fourth-order valence-electron chi connectivity index (χ4n) is 8.47. The number of hydrogen-bond acceptors (Lipinski definition) is 5. The van der Waals surface area contributed by atoms with Crippen molar-refractivity contribution >= 4 is 34.7 Å². The van der Waals surface area contributed by atoms with Crippen LogP contribution in [0.2, 0.25) is 48.9 Å². The molecule has 0 aromatic rings. The Morgan fingerprint density at radius 3 is 1.89 bits per heavy atom. The Bertz CT molecular complexity index is 724.